The van der Waals surface area contributed by atoms with Crippen molar-refractivity contribution in [3.63, 3.8) is 0 Å². The van der Waals surface area contributed by atoms with Gasteiger partial charge < -0.3 is 4.42 Å². The van der Waals surface area contributed by atoms with Crippen LogP contribution in [-0.2, 0) is 0 Å². The lowest BCUT2D eigenvalue weighted by Gasteiger charge is -2.10. The van der Waals surface area contributed by atoms with Crippen molar-refractivity contribution >= 4 is 64.4 Å². The highest BCUT2D eigenvalue weighted by Gasteiger charge is 2.19. The standard InChI is InChI=1S/C42H24N4OS/c1-2-9-25(10-3-1)26-17-19-27(20-18-26)40-44-41(28-21-22-30-29-11-5-7-16-36(29)48-37(30)23-28)46-42(45-40)32-13-8-15-35-38(32)33-24-43-34-14-6-4-12-31(34)39(33)47-35/h1-24H. The van der Waals surface area contributed by atoms with Crippen molar-refractivity contribution in [2.24, 2.45) is 0 Å². The summed E-state index contributed by atoms with van der Waals surface area (Å²) in [5, 5.41) is 5.35. The topological polar surface area (TPSA) is 64.7 Å². The molecule has 0 bridgehead atoms. The lowest BCUT2D eigenvalue weighted by molar-refractivity contribution is 0.672. The zero-order chi connectivity index (χ0) is 31.6. The summed E-state index contributed by atoms with van der Waals surface area (Å²) in [5.41, 5.74) is 7.50. The summed E-state index contributed by atoms with van der Waals surface area (Å²) in [5.74, 6) is 1.81. The lowest BCUT2D eigenvalue weighted by Crippen LogP contribution is -2.00. The second kappa shape index (κ2) is 10.7. The quantitative estimate of drug-likeness (QED) is 0.193. The minimum atomic E-state index is 0.583. The second-order valence-corrected chi connectivity index (χ2v) is 12.9. The van der Waals surface area contributed by atoms with Crippen molar-refractivity contribution in [1.29, 1.82) is 0 Å². The fraction of sp³-hybridized carbons (Fsp3) is 0. The van der Waals surface area contributed by atoms with Crippen molar-refractivity contribution in [3.8, 4) is 45.3 Å². The summed E-state index contributed by atoms with van der Waals surface area (Å²) < 4.78 is 8.94. The average molecular weight is 633 g/mol. The third-order valence-corrected chi connectivity index (χ3v) is 10.1. The fourth-order valence-corrected chi connectivity index (χ4v) is 7.80. The van der Waals surface area contributed by atoms with Gasteiger partial charge in [0.1, 0.15) is 11.2 Å². The van der Waals surface area contributed by atoms with Crippen molar-refractivity contribution in [2.75, 3.05) is 0 Å². The van der Waals surface area contributed by atoms with Crippen molar-refractivity contribution in [3.05, 3.63) is 146 Å². The van der Waals surface area contributed by atoms with Crippen molar-refractivity contribution < 1.29 is 4.42 Å². The summed E-state index contributed by atoms with van der Waals surface area (Å²) in [4.78, 5) is 20.1. The van der Waals surface area contributed by atoms with E-state index in [4.69, 9.17) is 24.4 Å². The number of thiophene rings is 1. The Morgan fingerprint density at radius 2 is 1.12 bits per heavy atom. The smallest absolute Gasteiger partial charge is 0.164 e. The molecule has 6 aromatic carbocycles. The molecule has 0 saturated heterocycles. The van der Waals surface area contributed by atoms with Gasteiger partial charge >= 0.3 is 0 Å². The van der Waals surface area contributed by atoms with E-state index in [9.17, 15) is 0 Å². The number of pyridine rings is 1. The molecule has 0 saturated carbocycles. The Labute approximate surface area is 278 Å². The average Bonchev–Trinajstić information content (AvgIpc) is 3.73. The Morgan fingerprint density at radius 3 is 2.00 bits per heavy atom. The van der Waals surface area contributed by atoms with E-state index in [0.29, 0.717) is 17.5 Å². The molecule has 4 aromatic heterocycles. The van der Waals surface area contributed by atoms with Gasteiger partial charge in [0.2, 0.25) is 0 Å². The third-order valence-electron chi connectivity index (χ3n) is 9.00. The van der Waals surface area contributed by atoms with Crippen LogP contribution in [0.1, 0.15) is 0 Å². The molecule has 0 aliphatic rings. The molecular formula is C42H24N4OS. The number of aromatic nitrogens is 4. The van der Waals surface area contributed by atoms with Gasteiger partial charge in [-0.05, 0) is 41.5 Å². The number of para-hydroxylation sites is 1. The Balaban J connectivity index is 1.19. The molecule has 0 fully saturated rings. The van der Waals surface area contributed by atoms with E-state index in [0.717, 1.165) is 60.7 Å². The highest BCUT2D eigenvalue weighted by Crippen LogP contribution is 2.40. The molecular weight excluding hydrogens is 609 g/mol. The first-order valence-electron chi connectivity index (χ1n) is 15.8. The third kappa shape index (κ3) is 4.31. The molecule has 4 heterocycles. The molecule has 0 spiro atoms. The molecule has 6 heteroatoms. The van der Waals surface area contributed by atoms with Crippen LogP contribution in [0.2, 0.25) is 0 Å². The molecule has 0 aliphatic carbocycles. The predicted molar refractivity (Wildman–Crippen MR) is 197 cm³/mol. The zero-order valence-corrected chi connectivity index (χ0v) is 26.3. The van der Waals surface area contributed by atoms with Crippen LogP contribution in [0.5, 0.6) is 0 Å². The molecule has 224 valence electrons. The molecule has 0 amide bonds. The molecule has 10 rings (SSSR count). The van der Waals surface area contributed by atoms with E-state index in [-0.39, 0.29) is 0 Å². The van der Waals surface area contributed by atoms with Gasteiger partial charge in [0.25, 0.3) is 0 Å². The second-order valence-electron chi connectivity index (χ2n) is 11.9. The number of hydrogen-bond acceptors (Lipinski definition) is 6. The summed E-state index contributed by atoms with van der Waals surface area (Å²) in [7, 11) is 0. The number of nitrogens with zero attached hydrogens (tertiary/aromatic N) is 4. The minimum absolute atomic E-state index is 0.583. The van der Waals surface area contributed by atoms with Gasteiger partial charge in [0, 0.05) is 59.2 Å². The predicted octanol–water partition coefficient (Wildman–Crippen LogP) is 11.4. The Kier molecular flexibility index (Phi) is 5.98. The van der Waals surface area contributed by atoms with Crippen LogP contribution >= 0.6 is 11.3 Å². The van der Waals surface area contributed by atoms with Crippen LogP contribution in [0.25, 0.3) is 98.3 Å². The number of rotatable bonds is 4. The summed E-state index contributed by atoms with van der Waals surface area (Å²) in [6.45, 7) is 0. The molecule has 10 aromatic rings. The normalized spacial score (nSPS) is 11.8. The van der Waals surface area contributed by atoms with Gasteiger partial charge in [0.15, 0.2) is 17.5 Å². The fourth-order valence-electron chi connectivity index (χ4n) is 6.66. The number of fused-ring (bicyclic) bond motifs is 8. The van der Waals surface area contributed by atoms with Gasteiger partial charge in [0.05, 0.1) is 5.52 Å². The van der Waals surface area contributed by atoms with Gasteiger partial charge in [-0.3, -0.25) is 4.98 Å². The Morgan fingerprint density at radius 1 is 0.458 bits per heavy atom. The van der Waals surface area contributed by atoms with Crippen LogP contribution in [0.3, 0.4) is 0 Å². The van der Waals surface area contributed by atoms with E-state index in [1.54, 1.807) is 11.3 Å². The SMILES string of the molecule is c1ccc(-c2ccc(-c3nc(-c4ccc5c(c4)sc4ccccc45)nc(-c4cccc5oc6c7ccccc7ncc6c45)n3)cc2)cc1. The lowest BCUT2D eigenvalue weighted by atomic mass is 10.0. The van der Waals surface area contributed by atoms with E-state index in [1.165, 1.54) is 20.2 Å². The Hall–Kier alpha value is -6.24. The van der Waals surface area contributed by atoms with E-state index < -0.39 is 0 Å². The number of benzene rings is 6. The molecule has 5 nitrogen and oxygen atoms in total. The van der Waals surface area contributed by atoms with Gasteiger partial charge in [-0.15, -0.1) is 11.3 Å². The zero-order valence-electron chi connectivity index (χ0n) is 25.5. The molecule has 48 heavy (non-hydrogen) atoms. The summed E-state index contributed by atoms with van der Waals surface area (Å²) in [6, 6.07) is 47.9. The molecule has 0 N–H and O–H groups in total. The van der Waals surface area contributed by atoms with Gasteiger partial charge in [-0.2, -0.15) is 0 Å². The van der Waals surface area contributed by atoms with Gasteiger partial charge in [-0.1, -0.05) is 109 Å². The van der Waals surface area contributed by atoms with Crippen LogP contribution in [0.4, 0.5) is 0 Å². The van der Waals surface area contributed by atoms with Crippen molar-refractivity contribution in [1.82, 2.24) is 19.9 Å². The summed E-state index contributed by atoms with van der Waals surface area (Å²) in [6.07, 6.45) is 1.90. The number of hydrogen-bond donors (Lipinski definition) is 0. The largest absolute Gasteiger partial charge is 0.455 e. The van der Waals surface area contributed by atoms with E-state index in [1.807, 2.05) is 42.6 Å². The maximum absolute atomic E-state index is 6.48. The highest BCUT2D eigenvalue weighted by atomic mass is 32.1. The van der Waals surface area contributed by atoms with E-state index >= 15 is 0 Å². The summed E-state index contributed by atoms with van der Waals surface area (Å²) >= 11 is 1.79. The maximum atomic E-state index is 6.48. The number of furan rings is 1. The van der Waals surface area contributed by atoms with Crippen molar-refractivity contribution in [2.45, 2.75) is 0 Å². The maximum Gasteiger partial charge on any atom is 0.164 e. The first-order valence-corrected chi connectivity index (χ1v) is 16.6. The molecule has 0 unspecified atom stereocenters. The monoisotopic (exact) mass is 632 g/mol. The van der Waals surface area contributed by atoms with Crippen LogP contribution in [-0.4, -0.2) is 19.9 Å². The van der Waals surface area contributed by atoms with Crippen LogP contribution < -0.4 is 0 Å². The molecule has 0 atom stereocenters. The first kappa shape index (κ1) is 26.9. The van der Waals surface area contributed by atoms with Crippen LogP contribution in [0, 0.1) is 0 Å². The highest BCUT2D eigenvalue weighted by molar-refractivity contribution is 7.25. The van der Waals surface area contributed by atoms with Crippen LogP contribution in [0.15, 0.2) is 150 Å². The van der Waals surface area contributed by atoms with E-state index in [2.05, 4.69) is 103 Å². The molecule has 0 aliphatic heterocycles. The molecule has 0 radical (unpaired) electrons. The minimum Gasteiger partial charge on any atom is -0.455 e. The Bertz CT molecular complexity index is 2840. The first-order chi connectivity index (χ1) is 23.8. The van der Waals surface area contributed by atoms with Gasteiger partial charge in [-0.25, -0.2) is 15.0 Å².